The van der Waals surface area contributed by atoms with Crippen LogP contribution in [0.5, 0.6) is 0 Å². The molecule has 0 aliphatic carbocycles. The van der Waals surface area contributed by atoms with Crippen molar-refractivity contribution in [3.63, 3.8) is 0 Å². The van der Waals surface area contributed by atoms with Crippen LogP contribution in [0, 0.1) is 0 Å². The maximum absolute atomic E-state index is 12.2. The van der Waals surface area contributed by atoms with Crippen molar-refractivity contribution in [2.45, 2.75) is 67.4 Å². The molecule has 0 radical (unpaired) electrons. The van der Waals surface area contributed by atoms with E-state index in [-0.39, 0.29) is 5.91 Å². The summed E-state index contributed by atoms with van der Waals surface area (Å²) in [6.45, 7) is 3.33. The average molecular weight is 551 g/mol. The molecule has 1 aliphatic heterocycles. The summed E-state index contributed by atoms with van der Waals surface area (Å²) in [5, 5.41) is 4.78. The Morgan fingerprint density at radius 2 is 1.94 bits per heavy atom. The van der Waals surface area contributed by atoms with Gasteiger partial charge in [-0.15, -0.1) is 0 Å². The molecule has 0 bridgehead atoms. The predicted molar refractivity (Wildman–Crippen MR) is 139 cm³/mol. The number of nitrogens with one attached hydrogen (secondary N) is 1. The van der Waals surface area contributed by atoms with Gasteiger partial charge < -0.3 is 20.7 Å². The van der Waals surface area contributed by atoms with Gasteiger partial charge in [-0.3, -0.25) is 4.79 Å². The van der Waals surface area contributed by atoms with E-state index in [4.69, 9.17) is 10.5 Å². The number of anilines is 2. The van der Waals surface area contributed by atoms with Crippen molar-refractivity contribution < 1.29 is 14.3 Å². The second kappa shape index (κ2) is 12.9. The molecule has 2 heterocycles. The molecule has 184 valence electrons. The lowest BCUT2D eigenvalue weighted by atomic mass is 9.93. The van der Waals surface area contributed by atoms with E-state index in [1.807, 2.05) is 31.2 Å². The molecular weight excluding hydrogens is 518 g/mol. The second-order valence-corrected chi connectivity index (χ2v) is 10.5. The molecule has 1 aliphatic rings. The summed E-state index contributed by atoms with van der Waals surface area (Å²) in [5.41, 5.74) is 5.44. The molecule has 1 aromatic carbocycles. The number of benzene rings is 1. The fraction of sp³-hybridized carbons (Fsp3) is 0.500. The number of halogens is 1. The summed E-state index contributed by atoms with van der Waals surface area (Å²) in [6, 6.07) is 7.76. The highest BCUT2D eigenvalue weighted by atomic mass is 79.9. The Bertz CT molecular complexity index is 952. The van der Waals surface area contributed by atoms with Crippen LogP contribution >= 0.6 is 27.7 Å². The molecular formula is C24H32BrN5O3S. The van der Waals surface area contributed by atoms with Gasteiger partial charge in [0.25, 0.3) is 0 Å². The van der Waals surface area contributed by atoms with Crippen LogP contribution in [-0.4, -0.2) is 46.0 Å². The van der Waals surface area contributed by atoms with Gasteiger partial charge in [-0.1, -0.05) is 46.6 Å². The number of rotatable bonds is 11. The molecule has 8 nitrogen and oxygen atoms in total. The fourth-order valence-corrected chi connectivity index (χ4v) is 4.98. The van der Waals surface area contributed by atoms with Crippen LogP contribution in [0.2, 0.25) is 0 Å². The zero-order chi connectivity index (χ0) is 24.4. The van der Waals surface area contributed by atoms with Crippen LogP contribution in [0.1, 0.15) is 51.9 Å². The first-order valence-electron chi connectivity index (χ1n) is 11.6. The highest BCUT2D eigenvalue weighted by Crippen LogP contribution is 2.30. The van der Waals surface area contributed by atoms with Gasteiger partial charge in [-0.2, -0.15) is 0 Å². The molecule has 1 saturated heterocycles. The van der Waals surface area contributed by atoms with Crippen molar-refractivity contribution in [2.24, 2.45) is 5.73 Å². The summed E-state index contributed by atoms with van der Waals surface area (Å²) in [4.78, 5) is 35.5. The number of primary amides is 1. The molecule has 3 N–H and O–H groups in total. The van der Waals surface area contributed by atoms with Gasteiger partial charge >= 0.3 is 6.09 Å². The smallest absolute Gasteiger partial charge is 0.405 e. The molecule has 1 aromatic heterocycles. The van der Waals surface area contributed by atoms with Gasteiger partial charge in [0.2, 0.25) is 5.91 Å². The molecule has 2 amide bonds. The van der Waals surface area contributed by atoms with Crippen molar-refractivity contribution in [3.05, 3.63) is 36.7 Å². The number of carbonyl (C=O) groups excluding carboxylic acids is 2. The predicted octanol–water partition coefficient (Wildman–Crippen LogP) is 5.37. The quantitative estimate of drug-likeness (QED) is 0.286. The number of unbranched alkanes of at least 4 members (excludes halogenated alkanes) is 3. The lowest BCUT2D eigenvalue weighted by molar-refractivity contribution is -0.116. The molecule has 0 spiro atoms. The van der Waals surface area contributed by atoms with Crippen LogP contribution in [0.3, 0.4) is 0 Å². The second-order valence-electron chi connectivity index (χ2n) is 8.60. The van der Waals surface area contributed by atoms with Crippen LogP contribution in [0.15, 0.2) is 46.6 Å². The van der Waals surface area contributed by atoms with E-state index in [9.17, 15) is 9.59 Å². The van der Waals surface area contributed by atoms with E-state index in [1.54, 1.807) is 12.4 Å². The van der Waals surface area contributed by atoms with E-state index in [0.29, 0.717) is 32.4 Å². The first kappa shape index (κ1) is 26.3. The number of hydrogen-bond acceptors (Lipinski definition) is 7. The van der Waals surface area contributed by atoms with E-state index in [0.717, 1.165) is 52.4 Å². The number of hydrogen-bond donors (Lipinski definition) is 2. The minimum atomic E-state index is -0.735. The highest BCUT2D eigenvalue weighted by molar-refractivity contribution is 9.09. The normalized spacial score (nSPS) is 15.1. The summed E-state index contributed by atoms with van der Waals surface area (Å²) in [5.74, 6) is 0.839. The zero-order valence-corrected chi connectivity index (χ0v) is 21.9. The molecule has 0 unspecified atom stereocenters. The van der Waals surface area contributed by atoms with Crippen molar-refractivity contribution in [2.75, 3.05) is 28.6 Å². The first-order valence-corrected chi connectivity index (χ1v) is 13.5. The maximum atomic E-state index is 12.2. The standard InChI is InChI=1S/C24H32BrN5O3S/c1-24(33-23(26)32)10-13-30(14-11-24)20-16-28-22(17-27-20)34-19-8-6-7-18(15-19)29-21(31)9-4-2-3-5-12-25/h6-8,15-17H,2-5,9-14H2,1H3,(H2,26,32)(H,29,31). The van der Waals surface area contributed by atoms with Gasteiger partial charge in [-0.05, 0) is 38.0 Å². The Morgan fingerprint density at radius 1 is 1.18 bits per heavy atom. The Kier molecular flexibility index (Phi) is 10.0. The highest BCUT2D eigenvalue weighted by Gasteiger charge is 2.33. The molecule has 3 rings (SSSR count). The van der Waals surface area contributed by atoms with Gasteiger partial charge in [0, 0.05) is 48.3 Å². The van der Waals surface area contributed by atoms with Crippen LogP contribution in [-0.2, 0) is 9.53 Å². The van der Waals surface area contributed by atoms with Crippen molar-refractivity contribution >= 4 is 51.2 Å². The third-order valence-electron chi connectivity index (χ3n) is 5.73. The maximum Gasteiger partial charge on any atom is 0.405 e. The average Bonchev–Trinajstić information content (AvgIpc) is 2.80. The lowest BCUT2D eigenvalue weighted by Crippen LogP contribution is -2.46. The van der Waals surface area contributed by atoms with Crippen LogP contribution < -0.4 is 16.0 Å². The third kappa shape index (κ3) is 8.47. The van der Waals surface area contributed by atoms with E-state index in [1.165, 1.54) is 11.8 Å². The molecule has 0 saturated carbocycles. The molecule has 34 heavy (non-hydrogen) atoms. The summed E-state index contributed by atoms with van der Waals surface area (Å²) in [6.07, 6.45) is 8.96. The Labute approximate surface area is 213 Å². The van der Waals surface area contributed by atoms with Crippen LogP contribution in [0.25, 0.3) is 0 Å². The largest absolute Gasteiger partial charge is 0.443 e. The van der Waals surface area contributed by atoms with E-state index < -0.39 is 11.7 Å². The monoisotopic (exact) mass is 549 g/mol. The number of nitrogens with two attached hydrogens (primary N) is 1. The zero-order valence-electron chi connectivity index (χ0n) is 19.5. The number of piperidine rings is 1. The van der Waals surface area contributed by atoms with Gasteiger partial charge in [0.1, 0.15) is 16.4 Å². The van der Waals surface area contributed by atoms with E-state index in [2.05, 4.69) is 36.1 Å². The molecule has 10 heteroatoms. The van der Waals surface area contributed by atoms with Crippen molar-refractivity contribution in [1.82, 2.24) is 9.97 Å². The summed E-state index contributed by atoms with van der Waals surface area (Å²) < 4.78 is 5.26. The van der Waals surface area contributed by atoms with Crippen LogP contribution in [0.4, 0.5) is 16.3 Å². The Hall–Kier alpha value is -2.33. The summed E-state index contributed by atoms with van der Waals surface area (Å²) in [7, 11) is 0. The van der Waals surface area contributed by atoms with Gasteiger partial charge in [0.05, 0.1) is 12.4 Å². The minimum absolute atomic E-state index is 0.0454. The topological polar surface area (TPSA) is 110 Å². The fourth-order valence-electron chi connectivity index (χ4n) is 3.79. The van der Waals surface area contributed by atoms with Crippen molar-refractivity contribution in [3.8, 4) is 0 Å². The number of carbonyl (C=O) groups is 2. The van der Waals surface area contributed by atoms with Gasteiger partial charge in [-0.25, -0.2) is 14.8 Å². The Balaban J connectivity index is 1.49. The number of alkyl halides is 1. The van der Waals surface area contributed by atoms with Gasteiger partial charge in [0.15, 0.2) is 0 Å². The Morgan fingerprint density at radius 3 is 2.62 bits per heavy atom. The van der Waals surface area contributed by atoms with E-state index >= 15 is 0 Å². The number of amides is 2. The minimum Gasteiger partial charge on any atom is -0.443 e. The third-order valence-corrected chi connectivity index (χ3v) is 7.20. The van der Waals surface area contributed by atoms with Crippen molar-refractivity contribution in [1.29, 1.82) is 0 Å². The summed E-state index contributed by atoms with van der Waals surface area (Å²) >= 11 is 4.93. The lowest BCUT2D eigenvalue weighted by Gasteiger charge is -2.38. The molecule has 0 atom stereocenters. The number of aromatic nitrogens is 2. The SMILES string of the molecule is CC1(OC(N)=O)CCN(c2cnc(Sc3cccc(NC(=O)CCCCCCBr)c3)cn2)CC1. The molecule has 1 fully saturated rings. The molecule has 2 aromatic rings. The first-order chi connectivity index (χ1) is 16.4. The number of nitrogens with zero attached hydrogens (tertiary/aromatic N) is 3. The number of ether oxygens (including phenoxy) is 1.